The van der Waals surface area contributed by atoms with Gasteiger partial charge in [0.15, 0.2) is 0 Å². The maximum atomic E-state index is 6.18. The molecule has 0 saturated heterocycles. The average Bonchev–Trinajstić information content (AvgIpc) is 3.14. The van der Waals surface area contributed by atoms with Crippen molar-refractivity contribution in [2.45, 2.75) is 19.0 Å². The van der Waals surface area contributed by atoms with Crippen LogP contribution in [0.3, 0.4) is 0 Å². The molecule has 1 atom stereocenters. The number of nitrogens with one attached hydrogen (secondary N) is 1. The molecule has 1 aromatic heterocycles. The van der Waals surface area contributed by atoms with Gasteiger partial charge in [0.25, 0.3) is 0 Å². The summed E-state index contributed by atoms with van der Waals surface area (Å²) in [5.74, 6) is 1.16. The second kappa shape index (κ2) is 7.75. The summed E-state index contributed by atoms with van der Waals surface area (Å²) in [7, 11) is 0. The van der Waals surface area contributed by atoms with E-state index in [0.717, 1.165) is 11.1 Å². The Morgan fingerprint density at radius 3 is 2.48 bits per heavy atom. The summed E-state index contributed by atoms with van der Waals surface area (Å²) in [6.07, 6.45) is 0. The van der Waals surface area contributed by atoms with Gasteiger partial charge in [-0.2, -0.15) is 0 Å². The smallest absolute Gasteiger partial charge is 0.247 e. The van der Waals surface area contributed by atoms with E-state index in [-0.39, 0.29) is 5.88 Å². The molecule has 25 heavy (non-hydrogen) atoms. The first kappa shape index (κ1) is 18.2. The van der Waals surface area contributed by atoms with Gasteiger partial charge in [0, 0.05) is 18.0 Å². The highest BCUT2D eigenvalue weighted by molar-refractivity contribution is 6.42. The molecule has 2 aromatic carbocycles. The zero-order valence-corrected chi connectivity index (χ0v) is 15.7. The van der Waals surface area contributed by atoms with Crippen molar-refractivity contribution in [3.63, 3.8) is 0 Å². The first-order chi connectivity index (χ1) is 12.0. The molecule has 0 bridgehead atoms. The lowest BCUT2D eigenvalue weighted by Gasteiger charge is -2.24. The molecule has 3 aromatic rings. The molecule has 0 radical (unpaired) electrons. The Balaban J connectivity index is 1.78. The van der Waals surface area contributed by atoms with Gasteiger partial charge in [0.1, 0.15) is 5.54 Å². The average molecular weight is 397 g/mol. The Hall–Kier alpha value is -1.59. The van der Waals surface area contributed by atoms with E-state index in [0.29, 0.717) is 28.4 Å². The van der Waals surface area contributed by atoms with Crippen LogP contribution >= 0.6 is 34.8 Å². The Labute approximate surface area is 161 Å². The van der Waals surface area contributed by atoms with E-state index in [1.165, 1.54) is 0 Å². The van der Waals surface area contributed by atoms with Gasteiger partial charge < -0.3 is 4.42 Å². The highest BCUT2D eigenvalue weighted by Crippen LogP contribution is 2.27. The molecule has 1 heterocycles. The summed E-state index contributed by atoms with van der Waals surface area (Å²) in [5.41, 5.74) is 1.17. The lowest BCUT2D eigenvalue weighted by atomic mass is 10.0. The zero-order chi connectivity index (χ0) is 17.9. The number of benzene rings is 2. The van der Waals surface area contributed by atoms with Crippen molar-refractivity contribution in [3.8, 4) is 11.5 Å². The Morgan fingerprint density at radius 1 is 1.04 bits per heavy atom. The summed E-state index contributed by atoms with van der Waals surface area (Å²) in [4.78, 5) is 0. The lowest BCUT2D eigenvalue weighted by molar-refractivity contribution is 0.313. The van der Waals surface area contributed by atoms with E-state index in [4.69, 9.17) is 39.2 Å². The molecular formula is C18H16Cl3N3O. The van der Waals surface area contributed by atoms with Gasteiger partial charge in [-0.15, -0.1) is 21.8 Å². The number of aromatic nitrogens is 2. The molecule has 3 rings (SSSR count). The molecule has 0 amide bonds. The predicted octanol–water partition coefficient (Wildman–Crippen LogP) is 5.29. The SMILES string of the molecule is CC(CCl)(NCc1ccc(Cl)c(Cl)c1)c1nnc(-c2ccccc2)o1. The maximum Gasteiger partial charge on any atom is 0.247 e. The van der Waals surface area contributed by atoms with Crippen LogP contribution < -0.4 is 5.32 Å². The van der Waals surface area contributed by atoms with Crippen LogP contribution in [0.4, 0.5) is 0 Å². The Morgan fingerprint density at radius 2 is 1.80 bits per heavy atom. The highest BCUT2D eigenvalue weighted by atomic mass is 35.5. The number of halogens is 3. The Bertz CT molecular complexity index is 854. The van der Waals surface area contributed by atoms with Crippen molar-refractivity contribution in [2.75, 3.05) is 5.88 Å². The minimum Gasteiger partial charge on any atom is -0.419 e. The molecule has 0 saturated carbocycles. The number of nitrogens with zero attached hydrogens (tertiary/aromatic N) is 2. The van der Waals surface area contributed by atoms with Gasteiger partial charge in [0.2, 0.25) is 11.8 Å². The minimum atomic E-state index is -0.673. The molecular weight excluding hydrogens is 381 g/mol. The van der Waals surface area contributed by atoms with Crippen molar-refractivity contribution in [1.29, 1.82) is 0 Å². The fourth-order valence-electron chi connectivity index (χ4n) is 2.27. The first-order valence-corrected chi connectivity index (χ1v) is 8.95. The molecule has 0 fully saturated rings. The number of hydrogen-bond acceptors (Lipinski definition) is 4. The van der Waals surface area contributed by atoms with Crippen LogP contribution in [-0.4, -0.2) is 16.1 Å². The van der Waals surface area contributed by atoms with E-state index in [1.54, 1.807) is 6.07 Å². The summed E-state index contributed by atoms with van der Waals surface area (Å²) < 4.78 is 5.84. The summed E-state index contributed by atoms with van der Waals surface area (Å²) in [6.45, 7) is 2.45. The highest BCUT2D eigenvalue weighted by Gasteiger charge is 2.31. The molecule has 1 N–H and O–H groups in total. The molecule has 1 unspecified atom stereocenters. The van der Waals surface area contributed by atoms with Crippen LogP contribution in [0.1, 0.15) is 18.4 Å². The molecule has 0 aliphatic rings. The van der Waals surface area contributed by atoms with Crippen molar-refractivity contribution in [1.82, 2.24) is 15.5 Å². The summed E-state index contributed by atoms with van der Waals surface area (Å²) in [5, 5.41) is 12.7. The molecule has 7 heteroatoms. The normalized spacial score (nSPS) is 13.6. The molecule has 0 aliphatic carbocycles. The standard InChI is InChI=1S/C18H16Cl3N3O/c1-18(11-19,22-10-12-7-8-14(20)15(21)9-12)17-24-23-16(25-17)13-5-3-2-4-6-13/h2-9,22H,10-11H2,1H3. The van der Waals surface area contributed by atoms with E-state index < -0.39 is 5.54 Å². The van der Waals surface area contributed by atoms with E-state index in [9.17, 15) is 0 Å². The van der Waals surface area contributed by atoms with Gasteiger partial charge in [-0.25, -0.2) is 0 Å². The fourth-order valence-corrected chi connectivity index (χ4v) is 2.80. The van der Waals surface area contributed by atoms with Gasteiger partial charge in [-0.05, 0) is 36.8 Å². The van der Waals surface area contributed by atoms with Crippen LogP contribution in [0, 0.1) is 0 Å². The van der Waals surface area contributed by atoms with Crippen molar-refractivity contribution >= 4 is 34.8 Å². The van der Waals surface area contributed by atoms with E-state index >= 15 is 0 Å². The lowest BCUT2D eigenvalue weighted by Crippen LogP contribution is -2.41. The predicted molar refractivity (Wildman–Crippen MR) is 101 cm³/mol. The fraction of sp³-hybridized carbons (Fsp3) is 0.222. The summed E-state index contributed by atoms with van der Waals surface area (Å²) >= 11 is 18.2. The van der Waals surface area contributed by atoms with Gasteiger partial charge in [0.05, 0.1) is 10.0 Å². The van der Waals surface area contributed by atoms with E-state index in [1.807, 2.05) is 49.4 Å². The topological polar surface area (TPSA) is 51.0 Å². The number of hydrogen-bond donors (Lipinski definition) is 1. The first-order valence-electron chi connectivity index (χ1n) is 7.66. The maximum absolute atomic E-state index is 6.18. The Kier molecular flexibility index (Phi) is 5.64. The van der Waals surface area contributed by atoms with Crippen LogP contribution in [-0.2, 0) is 12.1 Å². The minimum absolute atomic E-state index is 0.269. The molecule has 0 aliphatic heterocycles. The largest absolute Gasteiger partial charge is 0.419 e. The third-order valence-electron chi connectivity index (χ3n) is 3.85. The monoisotopic (exact) mass is 395 g/mol. The van der Waals surface area contributed by atoms with Crippen molar-refractivity contribution in [2.24, 2.45) is 0 Å². The van der Waals surface area contributed by atoms with Crippen LogP contribution in [0.15, 0.2) is 52.9 Å². The third kappa shape index (κ3) is 4.15. The zero-order valence-electron chi connectivity index (χ0n) is 13.5. The van der Waals surface area contributed by atoms with Crippen LogP contribution in [0.25, 0.3) is 11.5 Å². The second-order valence-electron chi connectivity index (χ2n) is 5.85. The molecule has 0 spiro atoms. The van der Waals surface area contributed by atoms with Crippen molar-refractivity contribution < 1.29 is 4.42 Å². The van der Waals surface area contributed by atoms with Crippen LogP contribution in [0.5, 0.6) is 0 Å². The van der Waals surface area contributed by atoms with Gasteiger partial charge in [-0.1, -0.05) is 47.5 Å². The number of rotatable bonds is 6. The van der Waals surface area contributed by atoms with Crippen LogP contribution in [0.2, 0.25) is 10.0 Å². The quantitative estimate of drug-likeness (QED) is 0.575. The van der Waals surface area contributed by atoms with Gasteiger partial charge >= 0.3 is 0 Å². The van der Waals surface area contributed by atoms with Gasteiger partial charge in [-0.3, -0.25) is 5.32 Å². The van der Waals surface area contributed by atoms with E-state index in [2.05, 4.69) is 15.5 Å². The van der Waals surface area contributed by atoms with Crippen molar-refractivity contribution in [3.05, 3.63) is 70.0 Å². The summed E-state index contributed by atoms with van der Waals surface area (Å²) in [6, 6.07) is 15.1. The molecule has 4 nitrogen and oxygen atoms in total. The molecule has 130 valence electrons. The second-order valence-corrected chi connectivity index (χ2v) is 6.93. The number of alkyl halides is 1. The third-order valence-corrected chi connectivity index (χ3v) is 5.13.